The van der Waals surface area contributed by atoms with Crippen LogP contribution in [0.4, 0.5) is 21.8 Å². The predicted octanol–water partition coefficient (Wildman–Crippen LogP) is 4.48. The average Bonchev–Trinajstić information content (AvgIpc) is 2.82. The second-order valence-electron chi connectivity index (χ2n) is 8.69. The molecular weight excluding hydrogens is 429 g/mol. The van der Waals surface area contributed by atoms with Crippen LogP contribution in [0.25, 0.3) is 11.0 Å². The van der Waals surface area contributed by atoms with Gasteiger partial charge in [-0.3, -0.25) is 0 Å². The van der Waals surface area contributed by atoms with Gasteiger partial charge in [0.05, 0.1) is 10.7 Å². The van der Waals surface area contributed by atoms with Crippen molar-refractivity contribution >= 4 is 40.1 Å². The fraction of sp³-hybridized carbons (Fsp3) is 0.478. The van der Waals surface area contributed by atoms with Gasteiger partial charge in [0.2, 0.25) is 5.95 Å². The van der Waals surface area contributed by atoms with E-state index in [1.54, 1.807) is 6.07 Å². The number of rotatable bonds is 4. The van der Waals surface area contributed by atoms with Gasteiger partial charge in [0.15, 0.2) is 5.82 Å². The van der Waals surface area contributed by atoms with E-state index in [9.17, 15) is 4.39 Å². The van der Waals surface area contributed by atoms with Gasteiger partial charge in [-0.1, -0.05) is 11.6 Å². The predicted molar refractivity (Wildman–Crippen MR) is 125 cm³/mol. The molecule has 0 saturated carbocycles. The van der Waals surface area contributed by atoms with Crippen LogP contribution >= 0.6 is 11.6 Å². The van der Waals surface area contributed by atoms with Crippen LogP contribution in [0.3, 0.4) is 0 Å². The highest BCUT2D eigenvalue weighted by Gasteiger charge is 2.28. The molecule has 3 aromatic rings. The van der Waals surface area contributed by atoms with Gasteiger partial charge in [-0.05, 0) is 75.7 Å². The summed E-state index contributed by atoms with van der Waals surface area (Å²) in [5.41, 5.74) is 2.80. The molecule has 0 aliphatic carbocycles. The molecule has 168 valence electrons. The molecule has 2 aromatic heterocycles. The molecule has 0 amide bonds. The first-order valence-corrected chi connectivity index (χ1v) is 11.6. The molecule has 2 saturated heterocycles. The maximum absolute atomic E-state index is 13.5. The number of benzene rings is 1. The summed E-state index contributed by atoms with van der Waals surface area (Å²) in [5, 5.41) is 6.72. The van der Waals surface area contributed by atoms with E-state index in [1.165, 1.54) is 44.1 Å². The van der Waals surface area contributed by atoms with Crippen molar-refractivity contribution in [2.24, 2.45) is 11.8 Å². The van der Waals surface area contributed by atoms with Crippen molar-refractivity contribution in [1.82, 2.24) is 25.3 Å². The van der Waals surface area contributed by atoms with Gasteiger partial charge in [-0.2, -0.15) is 0 Å². The molecule has 32 heavy (non-hydrogen) atoms. The van der Waals surface area contributed by atoms with Crippen LogP contribution in [0.1, 0.15) is 31.4 Å². The first kappa shape index (κ1) is 21.3. The number of fused-ring (bicyclic) bond motifs is 1. The Bertz CT molecular complexity index is 1110. The Morgan fingerprint density at radius 3 is 2.53 bits per heavy atom. The highest BCUT2D eigenvalue weighted by atomic mass is 35.5. The van der Waals surface area contributed by atoms with Crippen LogP contribution < -0.4 is 15.5 Å². The Morgan fingerprint density at radius 2 is 1.78 bits per heavy atom. The third kappa shape index (κ3) is 4.34. The summed E-state index contributed by atoms with van der Waals surface area (Å²) in [7, 11) is 0. The molecule has 0 spiro atoms. The maximum atomic E-state index is 13.5. The summed E-state index contributed by atoms with van der Waals surface area (Å²) in [6.45, 7) is 6.16. The Kier molecular flexibility index (Phi) is 6.06. The molecule has 2 fully saturated rings. The Hall–Kier alpha value is -2.58. The number of anilines is 3. The molecule has 0 atom stereocenters. The highest BCUT2D eigenvalue weighted by molar-refractivity contribution is 6.31. The minimum atomic E-state index is -0.460. The van der Waals surface area contributed by atoms with Crippen molar-refractivity contribution in [3.8, 4) is 0 Å². The van der Waals surface area contributed by atoms with E-state index in [-0.39, 0.29) is 5.02 Å². The van der Waals surface area contributed by atoms with Gasteiger partial charge >= 0.3 is 0 Å². The zero-order valence-electron chi connectivity index (χ0n) is 18.1. The minimum absolute atomic E-state index is 0.0523. The van der Waals surface area contributed by atoms with Crippen LogP contribution in [0, 0.1) is 24.6 Å². The topological polar surface area (TPSA) is 78.9 Å². The first-order chi connectivity index (χ1) is 15.6. The van der Waals surface area contributed by atoms with E-state index in [0.29, 0.717) is 28.5 Å². The average molecular weight is 456 g/mol. The normalized spacial score (nSPS) is 18.3. The van der Waals surface area contributed by atoms with Crippen LogP contribution in [-0.2, 0) is 0 Å². The molecule has 0 bridgehead atoms. The second-order valence-corrected chi connectivity index (χ2v) is 9.10. The smallest absolute Gasteiger partial charge is 0.226 e. The number of halogens is 2. The van der Waals surface area contributed by atoms with Gasteiger partial charge in [0.1, 0.15) is 23.2 Å². The van der Waals surface area contributed by atoms with Gasteiger partial charge in [0.25, 0.3) is 0 Å². The first-order valence-electron chi connectivity index (χ1n) is 11.3. The monoisotopic (exact) mass is 455 g/mol. The van der Waals surface area contributed by atoms with E-state index in [2.05, 4.69) is 25.5 Å². The van der Waals surface area contributed by atoms with E-state index >= 15 is 0 Å². The Balaban J connectivity index is 1.39. The largest absolute Gasteiger partial charge is 0.341 e. The quantitative estimate of drug-likeness (QED) is 0.600. The standard InChI is InChI=1S/C23H27ClFN7/c1-14-20-21(22(28-13-27-20)30-17-2-3-19(25)18(24)12-17)31-23(29-14)32-10-6-16(7-11-32)15-4-8-26-9-5-15/h2-3,12-13,15-16,26H,4-11H2,1H3,(H,27,28,30). The molecule has 7 nitrogen and oxygen atoms in total. The van der Waals surface area contributed by atoms with E-state index < -0.39 is 5.82 Å². The third-order valence-corrected chi connectivity index (χ3v) is 6.99. The van der Waals surface area contributed by atoms with Crippen LogP contribution in [0.15, 0.2) is 24.5 Å². The minimum Gasteiger partial charge on any atom is -0.341 e. The molecular formula is C23H27ClFN7. The third-order valence-electron chi connectivity index (χ3n) is 6.70. The van der Waals surface area contributed by atoms with Gasteiger partial charge < -0.3 is 15.5 Å². The molecule has 2 N–H and O–H groups in total. The number of nitrogens with zero attached hydrogens (tertiary/aromatic N) is 5. The molecule has 1 aromatic carbocycles. The van der Waals surface area contributed by atoms with E-state index in [1.807, 2.05) is 6.92 Å². The molecule has 0 radical (unpaired) electrons. The fourth-order valence-electron chi connectivity index (χ4n) is 4.91. The van der Waals surface area contributed by atoms with Crippen LogP contribution in [-0.4, -0.2) is 46.1 Å². The van der Waals surface area contributed by atoms with Crippen LogP contribution in [0.5, 0.6) is 0 Å². The molecule has 2 aliphatic heterocycles. The van der Waals surface area contributed by atoms with Gasteiger partial charge in [-0.25, -0.2) is 24.3 Å². The van der Waals surface area contributed by atoms with Crippen molar-refractivity contribution in [3.63, 3.8) is 0 Å². The lowest BCUT2D eigenvalue weighted by molar-refractivity contribution is 0.221. The van der Waals surface area contributed by atoms with Crippen molar-refractivity contribution in [1.29, 1.82) is 0 Å². The molecule has 2 aliphatic rings. The lowest BCUT2D eigenvalue weighted by atomic mass is 9.79. The summed E-state index contributed by atoms with van der Waals surface area (Å²) in [5.74, 6) is 2.43. The van der Waals surface area contributed by atoms with E-state index in [4.69, 9.17) is 21.6 Å². The number of piperidine rings is 2. The zero-order chi connectivity index (χ0) is 22.1. The molecule has 9 heteroatoms. The van der Waals surface area contributed by atoms with Crippen molar-refractivity contribution in [3.05, 3.63) is 41.1 Å². The lowest BCUT2D eigenvalue weighted by Gasteiger charge is -2.37. The molecule has 4 heterocycles. The van der Waals surface area contributed by atoms with Crippen molar-refractivity contribution in [2.75, 3.05) is 36.4 Å². The number of nitrogens with one attached hydrogen (secondary N) is 2. The van der Waals surface area contributed by atoms with Gasteiger partial charge in [-0.15, -0.1) is 0 Å². The Labute approximate surface area is 191 Å². The molecule has 0 unspecified atom stereocenters. The highest BCUT2D eigenvalue weighted by Crippen LogP contribution is 2.33. The summed E-state index contributed by atoms with van der Waals surface area (Å²) in [6, 6.07) is 4.48. The SMILES string of the molecule is Cc1nc(N2CCC(C3CCNCC3)CC2)nc2c(Nc3ccc(F)c(Cl)c3)ncnc12. The van der Waals surface area contributed by atoms with Gasteiger partial charge in [0, 0.05) is 18.8 Å². The fourth-order valence-corrected chi connectivity index (χ4v) is 5.09. The Morgan fingerprint density at radius 1 is 1.03 bits per heavy atom. The van der Waals surface area contributed by atoms with E-state index in [0.717, 1.165) is 43.7 Å². The summed E-state index contributed by atoms with van der Waals surface area (Å²) < 4.78 is 13.5. The number of aromatic nitrogens is 4. The van der Waals surface area contributed by atoms with Crippen molar-refractivity contribution < 1.29 is 4.39 Å². The zero-order valence-corrected chi connectivity index (χ0v) is 18.9. The second kappa shape index (κ2) is 9.11. The summed E-state index contributed by atoms with van der Waals surface area (Å²) in [6.07, 6.45) is 6.41. The number of hydrogen-bond acceptors (Lipinski definition) is 7. The number of hydrogen-bond donors (Lipinski definition) is 2. The number of aryl methyl sites for hydroxylation is 1. The lowest BCUT2D eigenvalue weighted by Crippen LogP contribution is -2.40. The van der Waals surface area contributed by atoms with Crippen LogP contribution in [0.2, 0.25) is 5.02 Å². The summed E-state index contributed by atoms with van der Waals surface area (Å²) >= 11 is 5.93. The summed E-state index contributed by atoms with van der Waals surface area (Å²) in [4.78, 5) is 20.6. The van der Waals surface area contributed by atoms with Crippen molar-refractivity contribution in [2.45, 2.75) is 32.6 Å². The molecule has 5 rings (SSSR count). The maximum Gasteiger partial charge on any atom is 0.226 e.